The van der Waals surface area contributed by atoms with Crippen molar-refractivity contribution >= 4 is 21.8 Å². The highest BCUT2D eigenvalue weighted by atomic mass is 32.2. The second-order valence-corrected chi connectivity index (χ2v) is 10.1. The molecule has 0 N–H and O–H groups in total. The number of piperidine rings is 1. The number of aryl methyl sites for hydroxylation is 1. The van der Waals surface area contributed by atoms with E-state index >= 15 is 0 Å². The van der Waals surface area contributed by atoms with Crippen molar-refractivity contribution in [3.05, 3.63) is 47.2 Å². The molecule has 0 unspecified atom stereocenters. The highest BCUT2D eigenvalue weighted by molar-refractivity contribution is 7.88. The molecule has 0 radical (unpaired) electrons. The fourth-order valence-electron chi connectivity index (χ4n) is 4.07. The molecule has 1 aromatic carbocycles. The number of rotatable bonds is 5. The van der Waals surface area contributed by atoms with Crippen molar-refractivity contribution in [3.63, 3.8) is 0 Å². The Bertz CT molecular complexity index is 1040. The second kappa shape index (κ2) is 9.04. The Balaban J connectivity index is 1.43. The summed E-state index contributed by atoms with van der Waals surface area (Å²) >= 11 is 0. The highest BCUT2D eigenvalue weighted by Gasteiger charge is 2.29. The molecule has 1 aromatic heterocycles. The van der Waals surface area contributed by atoms with Gasteiger partial charge in [0.25, 0.3) is 0 Å². The van der Waals surface area contributed by atoms with Gasteiger partial charge in [0.15, 0.2) is 0 Å². The van der Waals surface area contributed by atoms with Crippen LogP contribution in [-0.2, 0) is 15.8 Å². The zero-order valence-electron chi connectivity index (χ0n) is 17.6. The van der Waals surface area contributed by atoms with E-state index in [-0.39, 0.29) is 18.7 Å². The van der Waals surface area contributed by atoms with Crippen LogP contribution in [0.4, 0.5) is 20.5 Å². The Morgan fingerprint density at radius 2 is 1.61 bits per heavy atom. The molecule has 2 aromatic rings. The molecule has 0 spiro atoms. The van der Waals surface area contributed by atoms with Gasteiger partial charge < -0.3 is 9.80 Å². The van der Waals surface area contributed by atoms with E-state index in [9.17, 15) is 17.2 Å². The van der Waals surface area contributed by atoms with Crippen LogP contribution in [0.25, 0.3) is 0 Å². The molecule has 0 bridgehead atoms. The monoisotopic (exact) mass is 451 g/mol. The number of hydrogen-bond donors (Lipinski definition) is 0. The third-order valence-electron chi connectivity index (χ3n) is 5.77. The van der Waals surface area contributed by atoms with E-state index in [1.54, 1.807) is 0 Å². The number of nitrogens with zero attached hydrogens (tertiary/aromatic N) is 5. The summed E-state index contributed by atoms with van der Waals surface area (Å²) in [6.07, 6.45) is 3.50. The molecule has 0 saturated carbocycles. The number of hydrogen-bond acceptors (Lipinski definition) is 6. The first-order valence-corrected chi connectivity index (χ1v) is 12.2. The van der Waals surface area contributed by atoms with Gasteiger partial charge in [-0.1, -0.05) is 0 Å². The lowest BCUT2D eigenvalue weighted by molar-refractivity contribution is 0.382. The van der Waals surface area contributed by atoms with Crippen LogP contribution in [-0.4, -0.2) is 62.0 Å². The van der Waals surface area contributed by atoms with E-state index in [1.165, 1.54) is 10.7 Å². The molecule has 10 heteroatoms. The molecule has 31 heavy (non-hydrogen) atoms. The van der Waals surface area contributed by atoms with Gasteiger partial charge in [-0.05, 0) is 44.4 Å². The van der Waals surface area contributed by atoms with Crippen molar-refractivity contribution in [1.82, 2.24) is 14.3 Å². The molecule has 0 aliphatic carbocycles. The quantitative estimate of drug-likeness (QED) is 0.696. The molecule has 0 amide bonds. The lowest BCUT2D eigenvalue weighted by atomic mass is 10.1. The number of aromatic nitrogens is 2. The third kappa shape index (κ3) is 5.12. The van der Waals surface area contributed by atoms with Crippen LogP contribution in [0.15, 0.2) is 24.3 Å². The van der Waals surface area contributed by atoms with E-state index in [2.05, 4.69) is 14.8 Å². The van der Waals surface area contributed by atoms with Crippen LogP contribution in [0.1, 0.15) is 30.5 Å². The number of anilines is 2. The van der Waals surface area contributed by atoms with Gasteiger partial charge in [0.2, 0.25) is 16.0 Å². The minimum absolute atomic E-state index is 0.153. The van der Waals surface area contributed by atoms with Gasteiger partial charge in [-0.2, -0.15) is 9.29 Å². The van der Waals surface area contributed by atoms with Crippen LogP contribution in [0.3, 0.4) is 0 Å². The second-order valence-electron chi connectivity index (χ2n) is 8.09. The van der Waals surface area contributed by atoms with Crippen molar-refractivity contribution in [2.24, 2.45) is 0 Å². The van der Waals surface area contributed by atoms with Crippen molar-refractivity contribution in [1.29, 1.82) is 0 Å². The van der Waals surface area contributed by atoms with Crippen LogP contribution in [0, 0.1) is 18.6 Å². The number of benzene rings is 1. The van der Waals surface area contributed by atoms with Gasteiger partial charge in [0.1, 0.15) is 17.5 Å². The molecule has 3 heterocycles. The Morgan fingerprint density at radius 3 is 2.32 bits per heavy atom. The highest BCUT2D eigenvalue weighted by Crippen LogP contribution is 2.23. The van der Waals surface area contributed by atoms with Crippen LogP contribution < -0.4 is 9.80 Å². The lowest BCUT2D eigenvalue weighted by Gasteiger charge is -2.35. The Kier molecular flexibility index (Phi) is 6.38. The minimum Gasteiger partial charge on any atom is -0.354 e. The van der Waals surface area contributed by atoms with Crippen molar-refractivity contribution in [2.75, 3.05) is 49.1 Å². The first kappa shape index (κ1) is 21.9. The van der Waals surface area contributed by atoms with Gasteiger partial charge >= 0.3 is 0 Å². The zero-order chi connectivity index (χ0) is 22.0. The van der Waals surface area contributed by atoms with Gasteiger partial charge in [-0.15, -0.1) is 0 Å². The van der Waals surface area contributed by atoms with E-state index < -0.39 is 27.4 Å². The lowest BCUT2D eigenvalue weighted by Crippen LogP contribution is -2.49. The number of sulfonamides is 1. The van der Waals surface area contributed by atoms with E-state index in [1.807, 2.05) is 13.0 Å². The van der Waals surface area contributed by atoms with E-state index in [0.717, 1.165) is 61.6 Å². The third-order valence-corrected chi connectivity index (χ3v) is 7.60. The number of piperazine rings is 1. The molecule has 7 nitrogen and oxygen atoms in total. The van der Waals surface area contributed by atoms with Gasteiger partial charge in [-0.25, -0.2) is 22.2 Å². The molecule has 2 aliphatic heterocycles. The molecule has 168 valence electrons. The summed E-state index contributed by atoms with van der Waals surface area (Å²) in [6, 6.07) is 4.79. The van der Waals surface area contributed by atoms with Gasteiger partial charge in [0.05, 0.1) is 5.75 Å². The summed E-state index contributed by atoms with van der Waals surface area (Å²) in [6.45, 7) is 5.31. The summed E-state index contributed by atoms with van der Waals surface area (Å²) in [5.74, 6) is -0.402. The van der Waals surface area contributed by atoms with Crippen molar-refractivity contribution < 1.29 is 17.2 Å². The summed E-state index contributed by atoms with van der Waals surface area (Å²) in [5.41, 5.74) is 0.724. The van der Waals surface area contributed by atoms with Crippen LogP contribution in [0.5, 0.6) is 0 Å². The summed E-state index contributed by atoms with van der Waals surface area (Å²) in [5, 5.41) is 0. The minimum atomic E-state index is -3.76. The average Bonchev–Trinajstić information content (AvgIpc) is 2.76. The molecule has 2 fully saturated rings. The molecule has 0 atom stereocenters. The largest absolute Gasteiger partial charge is 0.354 e. The van der Waals surface area contributed by atoms with Gasteiger partial charge in [-0.3, -0.25) is 0 Å². The Morgan fingerprint density at radius 1 is 0.903 bits per heavy atom. The van der Waals surface area contributed by atoms with Crippen LogP contribution in [0.2, 0.25) is 0 Å². The maximum absolute atomic E-state index is 13.9. The average molecular weight is 452 g/mol. The first-order valence-electron chi connectivity index (χ1n) is 10.6. The maximum Gasteiger partial charge on any atom is 0.227 e. The molecule has 4 rings (SSSR count). The first-order chi connectivity index (χ1) is 14.8. The fourth-order valence-corrected chi connectivity index (χ4v) is 5.59. The van der Waals surface area contributed by atoms with Crippen LogP contribution >= 0.6 is 0 Å². The van der Waals surface area contributed by atoms with Gasteiger partial charge in [0, 0.05) is 56.6 Å². The SMILES string of the molecule is Cc1cc(N2CCN(S(=O)(=O)Cc3cc(F)ccc3F)CC2)nc(N2CCCCC2)n1. The summed E-state index contributed by atoms with van der Waals surface area (Å²) < 4.78 is 54.2. The van der Waals surface area contributed by atoms with Crippen molar-refractivity contribution in [3.8, 4) is 0 Å². The molecule has 2 saturated heterocycles. The van der Waals surface area contributed by atoms with E-state index in [4.69, 9.17) is 4.98 Å². The topological polar surface area (TPSA) is 69.6 Å². The molecular weight excluding hydrogens is 424 g/mol. The normalized spacial score (nSPS) is 18.4. The maximum atomic E-state index is 13.9. The Hall–Kier alpha value is -2.33. The number of halogens is 2. The Labute approximate surface area is 181 Å². The summed E-state index contributed by atoms with van der Waals surface area (Å²) in [7, 11) is -3.76. The van der Waals surface area contributed by atoms with E-state index in [0.29, 0.717) is 13.1 Å². The summed E-state index contributed by atoms with van der Waals surface area (Å²) in [4.78, 5) is 13.6. The predicted molar refractivity (Wildman–Crippen MR) is 116 cm³/mol. The predicted octanol–water partition coefficient (Wildman–Crippen LogP) is 2.71. The smallest absolute Gasteiger partial charge is 0.227 e. The fraction of sp³-hybridized carbons (Fsp3) is 0.524. The standard InChI is InChI=1S/C21H27F2N5O2S/c1-16-13-20(25-21(24-16)27-7-3-2-4-8-27)26-9-11-28(12-10-26)31(29,30)15-17-14-18(22)5-6-19(17)23/h5-6,13-14H,2-4,7-12,15H2,1H3. The zero-order valence-corrected chi connectivity index (χ0v) is 18.4. The molecular formula is C21H27F2N5O2S. The van der Waals surface area contributed by atoms with Crippen molar-refractivity contribution in [2.45, 2.75) is 31.9 Å². The molecule has 2 aliphatic rings.